The lowest BCUT2D eigenvalue weighted by Crippen LogP contribution is -1.77. The van der Waals surface area contributed by atoms with Gasteiger partial charge in [-0.3, -0.25) is 0 Å². The number of phenolic OH excluding ortho intramolecular Hbond substituents is 2. The van der Waals surface area contributed by atoms with E-state index in [4.69, 9.17) is 10.2 Å². The second-order valence-corrected chi connectivity index (χ2v) is 3.08. The number of halogens is 3. The van der Waals surface area contributed by atoms with Gasteiger partial charge in [-0.1, -0.05) is 6.07 Å². The largest absolute Gasteiger partial charge is 0.508 e. The van der Waals surface area contributed by atoms with E-state index in [1.165, 1.54) is 18.2 Å². The molecule has 0 fully saturated rings. The van der Waals surface area contributed by atoms with Crippen LogP contribution in [-0.2, 0) is 0 Å². The molecular formula is C12H9F3O2. The predicted molar refractivity (Wildman–Crippen MR) is 56.1 cm³/mol. The Morgan fingerprint density at radius 2 is 1.41 bits per heavy atom. The maximum atomic E-state index is 12.1. The molecular weight excluding hydrogens is 233 g/mol. The molecule has 0 saturated carbocycles. The quantitative estimate of drug-likeness (QED) is 0.744. The minimum absolute atomic E-state index is 0.0370. The minimum atomic E-state index is -0.935. The first-order valence-corrected chi connectivity index (χ1v) is 4.57. The van der Waals surface area contributed by atoms with Crippen LogP contribution in [0.15, 0.2) is 42.5 Å². The molecule has 0 aromatic heterocycles. The highest BCUT2D eigenvalue weighted by Crippen LogP contribution is 2.14. The molecule has 0 aliphatic heterocycles. The number of phenols is 2. The van der Waals surface area contributed by atoms with Crippen LogP contribution < -0.4 is 0 Å². The summed E-state index contributed by atoms with van der Waals surface area (Å²) in [7, 11) is 0. The van der Waals surface area contributed by atoms with Crippen molar-refractivity contribution < 1.29 is 23.4 Å². The maximum Gasteiger partial charge on any atom is 0.167 e. The summed E-state index contributed by atoms with van der Waals surface area (Å²) >= 11 is 0. The smallest absolute Gasteiger partial charge is 0.167 e. The molecule has 2 aromatic carbocycles. The fraction of sp³-hybridized carbons (Fsp3) is 0. The average Bonchev–Trinajstić information content (AvgIpc) is 2.24. The molecule has 2 rings (SSSR count). The normalized spacial score (nSPS) is 9.35. The van der Waals surface area contributed by atoms with Gasteiger partial charge in [0.05, 0.1) is 0 Å². The van der Waals surface area contributed by atoms with Gasteiger partial charge in [0.2, 0.25) is 0 Å². The lowest BCUT2D eigenvalue weighted by Gasteiger charge is -1.91. The van der Waals surface area contributed by atoms with E-state index >= 15 is 0 Å². The zero-order chi connectivity index (χ0) is 12.8. The van der Waals surface area contributed by atoms with E-state index in [0.29, 0.717) is 6.07 Å². The molecule has 0 aliphatic rings. The molecule has 0 heterocycles. The van der Waals surface area contributed by atoms with Gasteiger partial charge >= 0.3 is 0 Å². The fourth-order valence-corrected chi connectivity index (χ4v) is 0.957. The number of benzene rings is 2. The van der Waals surface area contributed by atoms with Crippen LogP contribution in [0.2, 0.25) is 0 Å². The van der Waals surface area contributed by atoms with Crippen molar-refractivity contribution in [3.63, 3.8) is 0 Å². The van der Waals surface area contributed by atoms with Crippen LogP contribution >= 0.6 is 0 Å². The van der Waals surface area contributed by atoms with Crippen LogP contribution in [0.1, 0.15) is 0 Å². The van der Waals surface area contributed by atoms with Gasteiger partial charge in [0.15, 0.2) is 11.6 Å². The summed E-state index contributed by atoms with van der Waals surface area (Å²) < 4.78 is 36.1. The summed E-state index contributed by atoms with van der Waals surface area (Å²) in [6, 6.07) is 7.77. The van der Waals surface area contributed by atoms with Gasteiger partial charge in [-0.25, -0.2) is 13.2 Å². The molecule has 17 heavy (non-hydrogen) atoms. The third-order valence-electron chi connectivity index (χ3n) is 1.72. The molecule has 0 bridgehead atoms. The van der Waals surface area contributed by atoms with E-state index < -0.39 is 23.2 Å². The Morgan fingerprint density at radius 3 is 1.82 bits per heavy atom. The number of aromatic hydroxyl groups is 2. The van der Waals surface area contributed by atoms with Gasteiger partial charge in [0, 0.05) is 12.1 Å². The van der Waals surface area contributed by atoms with Crippen molar-refractivity contribution in [3.05, 3.63) is 59.9 Å². The minimum Gasteiger partial charge on any atom is -0.508 e. The van der Waals surface area contributed by atoms with Gasteiger partial charge in [-0.05, 0) is 24.3 Å². The summed E-state index contributed by atoms with van der Waals surface area (Å²) in [5, 5.41) is 17.1. The molecule has 0 spiro atoms. The molecule has 2 aromatic rings. The second-order valence-electron chi connectivity index (χ2n) is 3.08. The van der Waals surface area contributed by atoms with Crippen molar-refractivity contribution in [1.29, 1.82) is 0 Å². The topological polar surface area (TPSA) is 40.5 Å². The van der Waals surface area contributed by atoms with Crippen molar-refractivity contribution >= 4 is 0 Å². The van der Waals surface area contributed by atoms with E-state index in [-0.39, 0.29) is 5.75 Å². The first-order valence-electron chi connectivity index (χ1n) is 4.57. The number of rotatable bonds is 0. The zero-order valence-corrected chi connectivity index (χ0v) is 8.57. The highest BCUT2D eigenvalue weighted by atomic mass is 19.1. The SMILES string of the molecule is Oc1ccc(F)cc1F.Oc1cccc(F)c1. The van der Waals surface area contributed by atoms with Crippen molar-refractivity contribution in [1.82, 2.24) is 0 Å². The number of hydrogen-bond donors (Lipinski definition) is 2. The Balaban J connectivity index is 0.000000171. The fourth-order valence-electron chi connectivity index (χ4n) is 0.957. The first kappa shape index (κ1) is 12.9. The van der Waals surface area contributed by atoms with E-state index in [9.17, 15) is 13.2 Å². The first-order chi connectivity index (χ1) is 7.99. The van der Waals surface area contributed by atoms with Crippen LogP contribution in [0.4, 0.5) is 13.2 Å². The molecule has 2 N–H and O–H groups in total. The summed E-state index contributed by atoms with van der Waals surface area (Å²) in [5.41, 5.74) is 0. The van der Waals surface area contributed by atoms with Crippen LogP contribution in [0.3, 0.4) is 0 Å². The number of hydrogen-bond acceptors (Lipinski definition) is 2. The third-order valence-corrected chi connectivity index (χ3v) is 1.72. The van der Waals surface area contributed by atoms with Crippen molar-refractivity contribution in [2.45, 2.75) is 0 Å². The third kappa shape index (κ3) is 4.46. The molecule has 0 amide bonds. The Morgan fingerprint density at radius 1 is 0.765 bits per heavy atom. The van der Waals surface area contributed by atoms with E-state index in [1.807, 2.05) is 0 Å². The maximum absolute atomic E-state index is 12.1. The predicted octanol–water partition coefficient (Wildman–Crippen LogP) is 3.20. The summed E-state index contributed by atoms with van der Waals surface area (Å²) in [4.78, 5) is 0. The highest BCUT2D eigenvalue weighted by molar-refractivity contribution is 5.22. The van der Waals surface area contributed by atoms with Crippen molar-refractivity contribution in [2.75, 3.05) is 0 Å². The molecule has 0 radical (unpaired) electrons. The summed E-state index contributed by atoms with van der Waals surface area (Å²) in [6.07, 6.45) is 0. The standard InChI is InChI=1S/C6H4F2O.C6H5FO/c7-4-1-2-6(9)5(8)3-4;7-5-2-1-3-6(8)4-5/h1-3,9H;1-4,8H. The van der Waals surface area contributed by atoms with Crippen molar-refractivity contribution in [2.24, 2.45) is 0 Å². The Kier molecular flexibility index (Phi) is 4.39. The van der Waals surface area contributed by atoms with Crippen LogP contribution in [0.5, 0.6) is 11.5 Å². The molecule has 0 saturated heterocycles. The molecule has 0 aliphatic carbocycles. The summed E-state index contributed by atoms with van der Waals surface area (Å²) in [6.45, 7) is 0. The van der Waals surface area contributed by atoms with E-state index in [0.717, 1.165) is 18.2 Å². The van der Waals surface area contributed by atoms with Crippen LogP contribution in [0, 0.1) is 17.5 Å². The Labute approximate surface area is 95.6 Å². The molecule has 90 valence electrons. The van der Waals surface area contributed by atoms with E-state index in [1.54, 1.807) is 0 Å². The molecule has 0 atom stereocenters. The average molecular weight is 242 g/mol. The lowest BCUT2D eigenvalue weighted by molar-refractivity contribution is 0.428. The molecule has 5 heteroatoms. The van der Waals surface area contributed by atoms with Gasteiger partial charge in [-0.2, -0.15) is 0 Å². The van der Waals surface area contributed by atoms with Gasteiger partial charge in [-0.15, -0.1) is 0 Å². The molecule has 0 unspecified atom stereocenters. The lowest BCUT2D eigenvalue weighted by atomic mass is 10.3. The zero-order valence-electron chi connectivity index (χ0n) is 8.57. The molecule has 2 nitrogen and oxygen atoms in total. The van der Waals surface area contributed by atoms with Crippen molar-refractivity contribution in [3.8, 4) is 11.5 Å². The Hall–Kier alpha value is -2.17. The Bertz CT molecular complexity index is 484. The monoisotopic (exact) mass is 242 g/mol. The van der Waals surface area contributed by atoms with Gasteiger partial charge in [0.1, 0.15) is 17.4 Å². The summed E-state index contributed by atoms with van der Waals surface area (Å²) in [5.74, 6) is -2.60. The van der Waals surface area contributed by atoms with Crippen LogP contribution in [-0.4, -0.2) is 10.2 Å². The van der Waals surface area contributed by atoms with Gasteiger partial charge in [0.25, 0.3) is 0 Å². The second kappa shape index (κ2) is 5.79. The van der Waals surface area contributed by atoms with Crippen LogP contribution in [0.25, 0.3) is 0 Å². The highest BCUT2D eigenvalue weighted by Gasteiger charge is 1.98. The van der Waals surface area contributed by atoms with Gasteiger partial charge < -0.3 is 10.2 Å². The van der Waals surface area contributed by atoms with E-state index in [2.05, 4.69) is 0 Å².